The van der Waals surface area contributed by atoms with Crippen molar-refractivity contribution in [2.45, 2.75) is 0 Å². The molecule has 0 saturated carbocycles. The molecule has 2 aromatic rings. The summed E-state index contributed by atoms with van der Waals surface area (Å²) in [4.78, 5) is 11.3. The van der Waals surface area contributed by atoms with Crippen molar-refractivity contribution >= 4 is 23.1 Å². The number of halogens is 1. The van der Waals surface area contributed by atoms with Gasteiger partial charge in [-0.2, -0.15) is 0 Å². The van der Waals surface area contributed by atoms with Crippen molar-refractivity contribution in [3.05, 3.63) is 51.1 Å². The number of hydrogen-bond acceptors (Lipinski definition) is 2. The average Bonchev–Trinajstić information content (AvgIpc) is 2.47. The predicted molar refractivity (Wildman–Crippen MR) is 54.9 cm³/mol. The standard InChI is InChI=1S/C9H6ClNOS/c10-8-6-9(12)11(13-8)7-4-2-1-3-5-7/h1-6H. The van der Waals surface area contributed by atoms with Crippen molar-refractivity contribution < 1.29 is 0 Å². The third kappa shape index (κ3) is 1.66. The summed E-state index contributed by atoms with van der Waals surface area (Å²) in [6, 6.07) is 10.8. The lowest BCUT2D eigenvalue weighted by atomic mass is 10.3. The molecule has 2 rings (SSSR count). The molecule has 1 aromatic carbocycles. The van der Waals surface area contributed by atoms with Crippen LogP contribution in [0.15, 0.2) is 41.2 Å². The van der Waals surface area contributed by atoms with E-state index in [2.05, 4.69) is 0 Å². The molecule has 4 heteroatoms. The summed E-state index contributed by atoms with van der Waals surface area (Å²) in [5, 5.41) is 0. The maximum atomic E-state index is 11.3. The molecule has 0 atom stereocenters. The van der Waals surface area contributed by atoms with E-state index in [-0.39, 0.29) is 5.56 Å². The average molecular weight is 212 g/mol. The molecule has 0 unspecified atom stereocenters. The van der Waals surface area contributed by atoms with Crippen LogP contribution in [0.5, 0.6) is 0 Å². The van der Waals surface area contributed by atoms with Crippen LogP contribution >= 0.6 is 23.1 Å². The highest BCUT2D eigenvalue weighted by Crippen LogP contribution is 2.16. The first-order valence-electron chi connectivity index (χ1n) is 3.72. The summed E-state index contributed by atoms with van der Waals surface area (Å²) >= 11 is 6.95. The number of benzene rings is 1. The number of hydrogen-bond donors (Lipinski definition) is 0. The second-order valence-electron chi connectivity index (χ2n) is 2.51. The van der Waals surface area contributed by atoms with Gasteiger partial charge in [-0.1, -0.05) is 29.8 Å². The molecule has 1 heterocycles. The molecule has 2 nitrogen and oxygen atoms in total. The molecule has 0 aliphatic heterocycles. The Kier molecular flexibility index (Phi) is 2.20. The minimum atomic E-state index is -0.0822. The van der Waals surface area contributed by atoms with Crippen LogP contribution in [-0.4, -0.2) is 3.96 Å². The van der Waals surface area contributed by atoms with E-state index in [9.17, 15) is 4.79 Å². The number of rotatable bonds is 1. The minimum absolute atomic E-state index is 0.0822. The second kappa shape index (κ2) is 3.36. The Morgan fingerprint density at radius 1 is 1.23 bits per heavy atom. The fraction of sp³-hybridized carbons (Fsp3) is 0. The van der Waals surface area contributed by atoms with Gasteiger partial charge in [-0.3, -0.25) is 4.79 Å². The Balaban J connectivity index is 2.59. The number of nitrogens with zero attached hydrogens (tertiary/aromatic N) is 1. The molecule has 0 N–H and O–H groups in total. The van der Waals surface area contributed by atoms with Gasteiger partial charge in [0.25, 0.3) is 5.56 Å². The van der Waals surface area contributed by atoms with Gasteiger partial charge in [-0.15, -0.1) is 0 Å². The van der Waals surface area contributed by atoms with Crippen molar-refractivity contribution in [2.75, 3.05) is 0 Å². The summed E-state index contributed by atoms with van der Waals surface area (Å²) < 4.78 is 2.07. The zero-order valence-electron chi connectivity index (χ0n) is 6.61. The molecule has 66 valence electrons. The second-order valence-corrected chi connectivity index (χ2v) is 4.13. The molecule has 0 amide bonds. The Labute approximate surface area is 84.2 Å². The highest BCUT2D eigenvalue weighted by molar-refractivity contribution is 7.11. The van der Waals surface area contributed by atoms with Crippen LogP contribution in [0.4, 0.5) is 0 Å². The van der Waals surface area contributed by atoms with Gasteiger partial charge in [0, 0.05) is 6.07 Å². The van der Waals surface area contributed by atoms with Gasteiger partial charge in [0.15, 0.2) is 0 Å². The van der Waals surface area contributed by atoms with Crippen molar-refractivity contribution in [1.29, 1.82) is 0 Å². The fourth-order valence-corrected chi connectivity index (χ4v) is 2.06. The molecule has 0 fully saturated rings. The molecule has 0 saturated heterocycles. The summed E-state index contributed by atoms with van der Waals surface area (Å²) in [5.74, 6) is 0. The highest BCUT2D eigenvalue weighted by Gasteiger charge is 2.02. The molecule has 0 spiro atoms. The van der Waals surface area contributed by atoms with Gasteiger partial charge in [-0.05, 0) is 23.7 Å². The quantitative estimate of drug-likeness (QED) is 0.711. The zero-order chi connectivity index (χ0) is 9.26. The first-order chi connectivity index (χ1) is 6.27. The van der Waals surface area contributed by atoms with Crippen molar-refractivity contribution in [3.8, 4) is 5.69 Å². The lowest BCUT2D eigenvalue weighted by molar-refractivity contribution is 1.13. The smallest absolute Gasteiger partial charge is 0.266 e. The molecule has 0 radical (unpaired) electrons. The van der Waals surface area contributed by atoms with Crippen molar-refractivity contribution in [2.24, 2.45) is 0 Å². The zero-order valence-corrected chi connectivity index (χ0v) is 8.18. The van der Waals surface area contributed by atoms with Gasteiger partial charge in [0.2, 0.25) is 0 Å². The minimum Gasteiger partial charge on any atom is -0.268 e. The lowest BCUT2D eigenvalue weighted by Gasteiger charge is -1.97. The summed E-state index contributed by atoms with van der Waals surface area (Å²) in [6.07, 6.45) is 0. The molecular formula is C9H6ClNOS. The van der Waals surface area contributed by atoms with Crippen molar-refractivity contribution in [1.82, 2.24) is 3.96 Å². The van der Waals surface area contributed by atoms with Gasteiger partial charge < -0.3 is 0 Å². The Morgan fingerprint density at radius 2 is 1.92 bits per heavy atom. The normalized spacial score (nSPS) is 10.2. The maximum Gasteiger partial charge on any atom is 0.266 e. The predicted octanol–water partition coefficient (Wildman–Crippen LogP) is 2.55. The first kappa shape index (κ1) is 8.53. The molecule has 1 aromatic heterocycles. The largest absolute Gasteiger partial charge is 0.268 e. The Morgan fingerprint density at radius 3 is 2.46 bits per heavy atom. The van der Waals surface area contributed by atoms with E-state index in [4.69, 9.17) is 11.6 Å². The molecule has 0 aliphatic rings. The topological polar surface area (TPSA) is 22.0 Å². The van der Waals surface area contributed by atoms with E-state index in [1.54, 1.807) is 3.96 Å². The molecular weight excluding hydrogens is 206 g/mol. The first-order valence-corrected chi connectivity index (χ1v) is 4.87. The van der Waals surface area contributed by atoms with E-state index < -0.39 is 0 Å². The lowest BCUT2D eigenvalue weighted by Crippen LogP contribution is -2.08. The summed E-state index contributed by atoms with van der Waals surface area (Å²) in [6.45, 7) is 0. The highest BCUT2D eigenvalue weighted by atomic mass is 35.5. The van der Waals surface area contributed by atoms with E-state index >= 15 is 0 Å². The monoisotopic (exact) mass is 211 g/mol. The third-order valence-corrected chi connectivity index (χ3v) is 2.79. The number of para-hydroxylation sites is 1. The SMILES string of the molecule is O=c1cc(Cl)sn1-c1ccccc1. The van der Waals surface area contributed by atoms with Crippen LogP contribution in [-0.2, 0) is 0 Å². The van der Waals surface area contributed by atoms with E-state index in [1.165, 1.54) is 17.6 Å². The van der Waals surface area contributed by atoms with Gasteiger partial charge in [0.05, 0.1) is 5.69 Å². The maximum absolute atomic E-state index is 11.3. The van der Waals surface area contributed by atoms with Gasteiger partial charge in [-0.25, -0.2) is 3.96 Å². The third-order valence-electron chi connectivity index (χ3n) is 1.61. The number of aromatic nitrogens is 1. The van der Waals surface area contributed by atoms with Gasteiger partial charge in [0.1, 0.15) is 4.34 Å². The summed E-state index contributed by atoms with van der Waals surface area (Å²) in [5.41, 5.74) is 0.769. The van der Waals surface area contributed by atoms with Crippen LogP contribution in [0.2, 0.25) is 4.34 Å². The van der Waals surface area contributed by atoms with Crippen LogP contribution in [0.3, 0.4) is 0 Å². The molecule has 13 heavy (non-hydrogen) atoms. The summed E-state index contributed by atoms with van der Waals surface area (Å²) in [7, 11) is 0. The van der Waals surface area contributed by atoms with Crippen LogP contribution < -0.4 is 5.56 Å². The Bertz CT molecular complexity index is 460. The van der Waals surface area contributed by atoms with Crippen molar-refractivity contribution in [3.63, 3.8) is 0 Å². The van der Waals surface area contributed by atoms with E-state index in [1.807, 2.05) is 30.3 Å². The molecule has 0 aliphatic carbocycles. The van der Waals surface area contributed by atoms with E-state index in [0.29, 0.717) is 4.34 Å². The van der Waals surface area contributed by atoms with E-state index in [0.717, 1.165) is 5.69 Å². The molecule has 0 bridgehead atoms. The van der Waals surface area contributed by atoms with Crippen LogP contribution in [0, 0.1) is 0 Å². The Hall–Kier alpha value is -1.06. The van der Waals surface area contributed by atoms with Gasteiger partial charge >= 0.3 is 0 Å². The van der Waals surface area contributed by atoms with Crippen LogP contribution in [0.25, 0.3) is 5.69 Å². The van der Waals surface area contributed by atoms with Crippen LogP contribution in [0.1, 0.15) is 0 Å². The fourth-order valence-electron chi connectivity index (χ4n) is 1.06.